The molecule has 0 aromatic carbocycles. The van der Waals surface area contributed by atoms with Gasteiger partial charge in [0.1, 0.15) is 17.6 Å². The topological polar surface area (TPSA) is 126 Å². The number of carbonyl (C=O) groups excluding carboxylic acids is 1. The monoisotopic (exact) mass is 545 g/mol. The van der Waals surface area contributed by atoms with Gasteiger partial charge >= 0.3 is 0 Å². The van der Waals surface area contributed by atoms with Gasteiger partial charge < -0.3 is 15.0 Å². The number of hydrogen-bond acceptors (Lipinski definition) is 8. The number of hydrogen-bond donors (Lipinski definition) is 1. The second-order valence-corrected chi connectivity index (χ2v) is 10.6. The normalized spacial score (nSPS) is 19.1. The number of piperidine rings is 1. The molecule has 1 N–H and O–H groups in total. The molecule has 7 rings (SSSR count). The summed E-state index contributed by atoms with van der Waals surface area (Å²) in [6.45, 7) is 2.45. The number of rotatable bonds is 7. The van der Waals surface area contributed by atoms with Crippen LogP contribution in [0.3, 0.4) is 0 Å². The summed E-state index contributed by atoms with van der Waals surface area (Å²) in [7, 11) is 3.42. The van der Waals surface area contributed by atoms with Crippen molar-refractivity contribution < 1.29 is 9.53 Å². The first-order chi connectivity index (χ1) is 20.0. The molecule has 1 saturated heterocycles. The number of nitrogens with one attached hydrogen (secondary N) is 1. The summed E-state index contributed by atoms with van der Waals surface area (Å²) in [4.78, 5) is 23.9. The largest absolute Gasteiger partial charge is 0.494 e. The van der Waals surface area contributed by atoms with Crippen molar-refractivity contribution in [3.8, 4) is 34.1 Å². The quantitative estimate of drug-likeness (QED) is 0.331. The predicted molar refractivity (Wildman–Crippen MR) is 151 cm³/mol. The van der Waals surface area contributed by atoms with Crippen LogP contribution in [0.25, 0.3) is 27.8 Å². The van der Waals surface area contributed by atoms with Gasteiger partial charge in [0, 0.05) is 73.7 Å². The van der Waals surface area contributed by atoms with Crippen molar-refractivity contribution >= 4 is 17.2 Å². The summed E-state index contributed by atoms with van der Waals surface area (Å²) < 4.78 is 8.77. The van der Waals surface area contributed by atoms with Crippen LogP contribution in [0.15, 0.2) is 67.5 Å². The van der Waals surface area contributed by atoms with Crippen molar-refractivity contribution in [2.75, 3.05) is 31.6 Å². The Labute approximate surface area is 236 Å². The van der Waals surface area contributed by atoms with E-state index in [4.69, 9.17) is 9.72 Å². The van der Waals surface area contributed by atoms with Crippen LogP contribution in [-0.4, -0.2) is 62.0 Å². The maximum absolute atomic E-state index is 12.6. The Balaban J connectivity index is 1.05. The second-order valence-electron chi connectivity index (χ2n) is 10.6. The molecule has 1 aliphatic carbocycles. The second kappa shape index (κ2) is 9.75. The first-order valence-electron chi connectivity index (χ1n) is 13.4. The molecule has 0 radical (unpaired) electrons. The van der Waals surface area contributed by atoms with Gasteiger partial charge in [-0.3, -0.25) is 9.48 Å². The number of amides is 1. The third-order valence-corrected chi connectivity index (χ3v) is 8.23. The van der Waals surface area contributed by atoms with E-state index in [1.807, 2.05) is 37.9 Å². The lowest BCUT2D eigenvalue weighted by Gasteiger charge is -2.21. The lowest BCUT2D eigenvalue weighted by molar-refractivity contribution is 0.0942. The van der Waals surface area contributed by atoms with E-state index in [2.05, 4.69) is 43.6 Å². The minimum absolute atomic E-state index is 0.207. The van der Waals surface area contributed by atoms with Crippen molar-refractivity contribution in [1.82, 2.24) is 34.7 Å². The lowest BCUT2D eigenvalue weighted by Crippen LogP contribution is -2.31. The molecule has 5 aromatic rings. The van der Waals surface area contributed by atoms with Gasteiger partial charge in [0.05, 0.1) is 30.6 Å². The highest BCUT2D eigenvalue weighted by Gasteiger charge is 2.55. The van der Waals surface area contributed by atoms with Crippen molar-refractivity contribution in [2.24, 2.45) is 24.8 Å². The highest BCUT2D eigenvalue weighted by Crippen LogP contribution is 2.52. The molecule has 41 heavy (non-hydrogen) atoms. The lowest BCUT2D eigenvalue weighted by atomic mass is 10.0. The van der Waals surface area contributed by atoms with Crippen LogP contribution in [0.4, 0.5) is 5.82 Å². The first-order valence-corrected chi connectivity index (χ1v) is 13.4. The first kappa shape index (κ1) is 24.8. The minimum atomic E-state index is -0.207. The minimum Gasteiger partial charge on any atom is -0.494 e. The zero-order valence-corrected chi connectivity index (χ0v) is 22.6. The molecule has 5 aromatic heterocycles. The van der Waals surface area contributed by atoms with E-state index in [1.165, 1.54) is 7.11 Å². The maximum Gasteiger partial charge on any atom is 0.273 e. The van der Waals surface area contributed by atoms with E-state index in [0.29, 0.717) is 41.3 Å². The summed E-state index contributed by atoms with van der Waals surface area (Å²) in [6.07, 6.45) is 10.7. The average Bonchev–Trinajstić information content (AvgIpc) is 3.44. The number of ether oxygens (including phenoxy) is 1. The van der Waals surface area contributed by atoms with Crippen molar-refractivity contribution in [3.05, 3.63) is 78.8 Å². The van der Waals surface area contributed by atoms with Gasteiger partial charge in [-0.25, -0.2) is 14.5 Å². The number of aryl methyl sites for hydroxylation is 1. The molecule has 1 unspecified atom stereocenters. The standard InChI is InChI=1S/C30H27N9O2/c1-37-14-21(12-35-37)19-8-22(29-20(9-31)11-36-39(29)15-19)18-5-6-27(33-10-18)38-16-24-23(25(24)17-38)13-34-30(40)28-26(41-2)4-3-7-32-28/h3-8,10-12,14-15,23-25H,13,16-17H2,1-2H3,(H,34,40)/t23?,24-,25+. The molecule has 2 fully saturated rings. The van der Waals surface area contributed by atoms with E-state index in [1.54, 1.807) is 33.7 Å². The number of anilines is 1. The molecule has 1 amide bonds. The number of aromatic nitrogens is 6. The van der Waals surface area contributed by atoms with Gasteiger partial charge in [0.25, 0.3) is 5.91 Å². The van der Waals surface area contributed by atoms with Crippen molar-refractivity contribution in [3.63, 3.8) is 0 Å². The number of pyridine rings is 3. The Hall–Kier alpha value is -5.24. The molecule has 3 atom stereocenters. The van der Waals surface area contributed by atoms with Crippen molar-refractivity contribution in [1.29, 1.82) is 5.26 Å². The zero-order valence-electron chi connectivity index (χ0n) is 22.6. The van der Waals surface area contributed by atoms with Crippen LogP contribution < -0.4 is 15.0 Å². The molecule has 1 aliphatic heterocycles. The van der Waals surface area contributed by atoms with Crippen LogP contribution in [0.1, 0.15) is 16.1 Å². The van der Waals surface area contributed by atoms with Crippen LogP contribution in [0.5, 0.6) is 5.75 Å². The van der Waals surface area contributed by atoms with Gasteiger partial charge in [0.15, 0.2) is 5.69 Å². The molecule has 6 heterocycles. The van der Waals surface area contributed by atoms with Gasteiger partial charge in [0.2, 0.25) is 0 Å². The van der Waals surface area contributed by atoms with Gasteiger partial charge in [-0.1, -0.05) is 0 Å². The number of carbonyl (C=O) groups is 1. The van der Waals surface area contributed by atoms with Crippen LogP contribution in [-0.2, 0) is 7.05 Å². The van der Waals surface area contributed by atoms with Gasteiger partial charge in [-0.15, -0.1) is 0 Å². The summed E-state index contributed by atoms with van der Waals surface area (Å²) in [5.74, 6) is 2.71. The Morgan fingerprint density at radius 2 is 1.93 bits per heavy atom. The zero-order chi connectivity index (χ0) is 28.1. The van der Waals surface area contributed by atoms with Crippen LogP contribution >= 0.6 is 0 Å². The summed E-state index contributed by atoms with van der Waals surface area (Å²) in [5.41, 5.74) is 5.31. The Kier molecular flexibility index (Phi) is 5.89. The van der Waals surface area contributed by atoms with Crippen LogP contribution in [0, 0.1) is 29.1 Å². The number of methoxy groups -OCH3 is 1. The van der Waals surface area contributed by atoms with Gasteiger partial charge in [-0.05, 0) is 48.1 Å². The van der Waals surface area contributed by atoms with Gasteiger partial charge in [-0.2, -0.15) is 15.5 Å². The number of nitrogens with zero attached hydrogens (tertiary/aromatic N) is 8. The van der Waals surface area contributed by atoms with E-state index in [9.17, 15) is 10.1 Å². The smallest absolute Gasteiger partial charge is 0.273 e. The fraction of sp³-hybridized carbons (Fsp3) is 0.267. The molecular formula is C30H27N9O2. The van der Waals surface area contributed by atoms with Crippen molar-refractivity contribution in [2.45, 2.75) is 0 Å². The SMILES string of the molecule is COc1cccnc1C(=O)NCC1[C@H]2CN(c3ccc(-c4cc(-c5cnn(C)c5)cn5ncc(C#N)c45)cn3)C[C@@H]12. The third kappa shape index (κ3) is 4.34. The van der Waals surface area contributed by atoms with E-state index >= 15 is 0 Å². The van der Waals surface area contributed by atoms with E-state index in [-0.39, 0.29) is 5.91 Å². The third-order valence-electron chi connectivity index (χ3n) is 8.23. The average molecular weight is 546 g/mol. The number of fused-ring (bicyclic) bond motifs is 2. The highest BCUT2D eigenvalue weighted by molar-refractivity contribution is 5.94. The molecule has 204 valence electrons. The molecule has 1 saturated carbocycles. The van der Waals surface area contributed by atoms with Crippen LogP contribution in [0.2, 0.25) is 0 Å². The Morgan fingerprint density at radius 1 is 1.07 bits per heavy atom. The molecular weight excluding hydrogens is 518 g/mol. The molecule has 0 bridgehead atoms. The summed E-state index contributed by atoms with van der Waals surface area (Å²) in [6, 6.07) is 11.9. The van der Waals surface area contributed by atoms with E-state index < -0.39 is 0 Å². The van der Waals surface area contributed by atoms with E-state index in [0.717, 1.165) is 46.7 Å². The number of nitriles is 1. The Morgan fingerprint density at radius 3 is 2.63 bits per heavy atom. The molecule has 2 aliphatic rings. The summed E-state index contributed by atoms with van der Waals surface area (Å²) in [5, 5.41) is 21.5. The maximum atomic E-state index is 12.6. The fourth-order valence-corrected chi connectivity index (χ4v) is 6.04. The predicted octanol–water partition coefficient (Wildman–Crippen LogP) is 3.18. The highest BCUT2D eigenvalue weighted by atomic mass is 16.5. The molecule has 11 nitrogen and oxygen atoms in total. The molecule has 11 heteroatoms. The summed E-state index contributed by atoms with van der Waals surface area (Å²) >= 11 is 0. The fourth-order valence-electron chi connectivity index (χ4n) is 6.04. The molecule has 0 spiro atoms. The Bertz CT molecular complexity index is 1810.